The monoisotopic (exact) mass is 212 g/mol. The van der Waals surface area contributed by atoms with Crippen molar-refractivity contribution in [2.24, 2.45) is 11.7 Å². The summed E-state index contributed by atoms with van der Waals surface area (Å²) in [5, 5.41) is 0. The standard InChI is InChI=1S/C13H28N2/c1-4-12(5-2)13(10-14)15-9-7-6-8-11(15)3/h11-13H,4-10,14H2,1-3H3. The summed E-state index contributed by atoms with van der Waals surface area (Å²) in [6, 6.07) is 1.36. The average molecular weight is 212 g/mol. The molecule has 1 saturated heterocycles. The van der Waals surface area contributed by atoms with Crippen LogP contribution in [-0.4, -0.2) is 30.1 Å². The molecule has 2 atom stereocenters. The minimum atomic E-state index is 0.621. The van der Waals surface area contributed by atoms with E-state index in [0.29, 0.717) is 6.04 Å². The Labute approximate surface area is 95.2 Å². The number of piperidine rings is 1. The number of nitrogens with two attached hydrogens (primary N) is 1. The lowest BCUT2D eigenvalue weighted by Crippen LogP contribution is -2.51. The molecule has 0 aromatic carbocycles. The van der Waals surface area contributed by atoms with Gasteiger partial charge in [0.05, 0.1) is 0 Å². The lowest BCUT2D eigenvalue weighted by molar-refractivity contribution is 0.0706. The highest BCUT2D eigenvalue weighted by molar-refractivity contribution is 4.84. The van der Waals surface area contributed by atoms with Crippen molar-refractivity contribution in [3.05, 3.63) is 0 Å². The van der Waals surface area contributed by atoms with E-state index in [9.17, 15) is 0 Å². The zero-order valence-corrected chi connectivity index (χ0v) is 10.7. The quantitative estimate of drug-likeness (QED) is 0.759. The Balaban J connectivity index is 2.62. The molecular weight excluding hydrogens is 184 g/mol. The molecule has 1 aliphatic rings. The molecule has 0 aromatic rings. The van der Waals surface area contributed by atoms with Gasteiger partial charge >= 0.3 is 0 Å². The molecule has 1 heterocycles. The van der Waals surface area contributed by atoms with Gasteiger partial charge in [0.15, 0.2) is 0 Å². The van der Waals surface area contributed by atoms with Crippen LogP contribution in [0, 0.1) is 5.92 Å². The summed E-state index contributed by atoms with van der Waals surface area (Å²) < 4.78 is 0. The van der Waals surface area contributed by atoms with Gasteiger partial charge in [-0.2, -0.15) is 0 Å². The Morgan fingerprint density at radius 2 is 1.93 bits per heavy atom. The second-order valence-corrected chi connectivity index (χ2v) is 4.96. The van der Waals surface area contributed by atoms with Gasteiger partial charge in [0.1, 0.15) is 0 Å². The fraction of sp³-hybridized carbons (Fsp3) is 1.00. The maximum atomic E-state index is 5.98. The Morgan fingerprint density at radius 1 is 1.27 bits per heavy atom. The number of nitrogens with zero attached hydrogens (tertiary/aromatic N) is 1. The minimum absolute atomic E-state index is 0.621. The van der Waals surface area contributed by atoms with Crippen LogP contribution in [0.4, 0.5) is 0 Å². The number of hydrogen-bond donors (Lipinski definition) is 1. The van der Waals surface area contributed by atoms with Gasteiger partial charge in [-0.05, 0) is 32.2 Å². The van der Waals surface area contributed by atoms with Crippen LogP contribution in [0.25, 0.3) is 0 Å². The molecule has 0 radical (unpaired) electrons. The Hall–Kier alpha value is -0.0800. The molecule has 0 aromatic heterocycles. The molecule has 1 fully saturated rings. The first kappa shape index (κ1) is 13.0. The van der Waals surface area contributed by atoms with Crippen molar-refractivity contribution in [2.75, 3.05) is 13.1 Å². The van der Waals surface area contributed by atoms with E-state index in [1.807, 2.05) is 0 Å². The summed E-state index contributed by atoms with van der Waals surface area (Å²) in [5.41, 5.74) is 5.98. The van der Waals surface area contributed by atoms with E-state index in [1.54, 1.807) is 0 Å². The molecule has 0 aliphatic carbocycles. The third kappa shape index (κ3) is 3.18. The third-order valence-corrected chi connectivity index (χ3v) is 4.11. The van der Waals surface area contributed by atoms with Crippen LogP contribution in [-0.2, 0) is 0 Å². The van der Waals surface area contributed by atoms with Crippen LogP contribution in [0.1, 0.15) is 52.9 Å². The van der Waals surface area contributed by atoms with Gasteiger partial charge < -0.3 is 5.73 Å². The summed E-state index contributed by atoms with van der Waals surface area (Å²) in [6.07, 6.45) is 6.65. The summed E-state index contributed by atoms with van der Waals surface area (Å²) in [7, 11) is 0. The highest BCUT2D eigenvalue weighted by Gasteiger charge is 2.29. The van der Waals surface area contributed by atoms with Crippen LogP contribution in [0.5, 0.6) is 0 Å². The molecule has 1 rings (SSSR count). The van der Waals surface area contributed by atoms with Crippen molar-refractivity contribution in [1.29, 1.82) is 0 Å². The van der Waals surface area contributed by atoms with E-state index in [2.05, 4.69) is 25.7 Å². The lowest BCUT2D eigenvalue weighted by atomic mass is 9.89. The summed E-state index contributed by atoms with van der Waals surface area (Å²) in [4.78, 5) is 2.67. The molecule has 0 amide bonds. The summed E-state index contributed by atoms with van der Waals surface area (Å²) >= 11 is 0. The van der Waals surface area contributed by atoms with Gasteiger partial charge in [-0.25, -0.2) is 0 Å². The van der Waals surface area contributed by atoms with Crippen LogP contribution >= 0.6 is 0 Å². The first-order valence-electron chi connectivity index (χ1n) is 6.70. The normalized spacial score (nSPS) is 25.8. The Morgan fingerprint density at radius 3 is 2.40 bits per heavy atom. The maximum absolute atomic E-state index is 5.98. The maximum Gasteiger partial charge on any atom is 0.0249 e. The smallest absolute Gasteiger partial charge is 0.0249 e. The zero-order valence-electron chi connectivity index (χ0n) is 10.7. The fourth-order valence-electron chi connectivity index (χ4n) is 3.04. The largest absolute Gasteiger partial charge is 0.329 e. The van der Waals surface area contributed by atoms with Crippen molar-refractivity contribution in [1.82, 2.24) is 4.90 Å². The first-order chi connectivity index (χ1) is 7.24. The summed E-state index contributed by atoms with van der Waals surface area (Å²) in [6.45, 7) is 9.05. The highest BCUT2D eigenvalue weighted by Crippen LogP contribution is 2.25. The van der Waals surface area contributed by atoms with Crippen molar-refractivity contribution >= 4 is 0 Å². The van der Waals surface area contributed by atoms with Crippen molar-refractivity contribution in [3.63, 3.8) is 0 Å². The van der Waals surface area contributed by atoms with Crippen LogP contribution in [0.3, 0.4) is 0 Å². The van der Waals surface area contributed by atoms with Crippen molar-refractivity contribution in [2.45, 2.75) is 65.0 Å². The third-order valence-electron chi connectivity index (χ3n) is 4.11. The minimum Gasteiger partial charge on any atom is -0.329 e. The van der Waals surface area contributed by atoms with E-state index < -0.39 is 0 Å². The molecule has 1 aliphatic heterocycles. The fourth-order valence-corrected chi connectivity index (χ4v) is 3.04. The van der Waals surface area contributed by atoms with Gasteiger partial charge in [0, 0.05) is 18.6 Å². The molecular formula is C13H28N2. The van der Waals surface area contributed by atoms with E-state index >= 15 is 0 Å². The molecule has 0 bridgehead atoms. The zero-order chi connectivity index (χ0) is 11.3. The molecule has 2 N–H and O–H groups in total. The SMILES string of the molecule is CCC(CC)C(CN)N1CCCCC1C. The molecule has 90 valence electrons. The van der Waals surface area contributed by atoms with E-state index in [-0.39, 0.29) is 0 Å². The molecule has 15 heavy (non-hydrogen) atoms. The number of likely N-dealkylation sites (tertiary alicyclic amines) is 1. The van der Waals surface area contributed by atoms with Crippen LogP contribution < -0.4 is 5.73 Å². The Bertz CT molecular complexity index is 166. The second-order valence-electron chi connectivity index (χ2n) is 4.96. The van der Waals surface area contributed by atoms with Gasteiger partial charge in [0.25, 0.3) is 0 Å². The van der Waals surface area contributed by atoms with Crippen LogP contribution in [0.2, 0.25) is 0 Å². The van der Waals surface area contributed by atoms with E-state index in [4.69, 9.17) is 5.73 Å². The number of hydrogen-bond acceptors (Lipinski definition) is 2. The van der Waals surface area contributed by atoms with Gasteiger partial charge in [-0.1, -0.05) is 33.1 Å². The van der Waals surface area contributed by atoms with Crippen LogP contribution in [0.15, 0.2) is 0 Å². The highest BCUT2D eigenvalue weighted by atomic mass is 15.2. The first-order valence-corrected chi connectivity index (χ1v) is 6.70. The van der Waals surface area contributed by atoms with E-state index in [0.717, 1.165) is 18.5 Å². The predicted molar refractivity (Wildman–Crippen MR) is 66.9 cm³/mol. The summed E-state index contributed by atoms with van der Waals surface area (Å²) in [5.74, 6) is 0.788. The van der Waals surface area contributed by atoms with Crippen molar-refractivity contribution in [3.8, 4) is 0 Å². The lowest BCUT2D eigenvalue weighted by Gasteiger charge is -2.42. The molecule has 0 saturated carbocycles. The van der Waals surface area contributed by atoms with Gasteiger partial charge in [-0.3, -0.25) is 4.90 Å². The van der Waals surface area contributed by atoms with Crippen molar-refractivity contribution < 1.29 is 0 Å². The van der Waals surface area contributed by atoms with Gasteiger partial charge in [-0.15, -0.1) is 0 Å². The topological polar surface area (TPSA) is 29.3 Å². The van der Waals surface area contributed by atoms with E-state index in [1.165, 1.54) is 38.6 Å². The predicted octanol–water partition coefficient (Wildman–Crippen LogP) is 2.62. The second kappa shape index (κ2) is 6.49. The van der Waals surface area contributed by atoms with Gasteiger partial charge in [0.2, 0.25) is 0 Å². The number of rotatable bonds is 5. The molecule has 2 heteroatoms. The Kier molecular flexibility index (Phi) is 5.62. The molecule has 0 spiro atoms. The average Bonchev–Trinajstić information content (AvgIpc) is 2.27. The molecule has 2 nitrogen and oxygen atoms in total. The molecule has 2 unspecified atom stereocenters.